The van der Waals surface area contributed by atoms with Crippen molar-refractivity contribution < 1.29 is 30.9 Å². The van der Waals surface area contributed by atoms with Crippen LogP contribution in [0.1, 0.15) is 52.9 Å². The van der Waals surface area contributed by atoms with E-state index in [4.69, 9.17) is 4.84 Å². The largest absolute Gasteiger partial charge is 0.388 e. The summed E-state index contributed by atoms with van der Waals surface area (Å²) in [5, 5.41) is 6.49. The average Bonchev–Trinajstić information content (AvgIpc) is 3.05. The Kier molecular flexibility index (Phi) is 6.57. The highest BCUT2D eigenvalue weighted by Gasteiger charge is 2.45. The quantitative estimate of drug-likeness (QED) is 0.658. The molecule has 0 bridgehead atoms. The lowest BCUT2D eigenvalue weighted by Gasteiger charge is -2.40. The molecule has 3 rings (SSSR count). The van der Waals surface area contributed by atoms with Gasteiger partial charge in [-0.1, -0.05) is 25.9 Å². The van der Waals surface area contributed by atoms with E-state index in [1.807, 2.05) is 0 Å². The van der Waals surface area contributed by atoms with E-state index in [0.29, 0.717) is 24.9 Å². The Bertz CT molecular complexity index is 1150. The first-order valence-corrected chi connectivity index (χ1v) is 14.3. The van der Waals surface area contributed by atoms with Crippen LogP contribution in [0.15, 0.2) is 23.4 Å². The molecule has 1 heterocycles. The fourth-order valence-electron chi connectivity index (χ4n) is 4.46. The minimum Gasteiger partial charge on any atom is -0.388 e. The van der Waals surface area contributed by atoms with Crippen LogP contribution in [0.4, 0.5) is 15.8 Å². The summed E-state index contributed by atoms with van der Waals surface area (Å²) in [6.07, 6.45) is 5.23. The Balaban J connectivity index is 1.69. The van der Waals surface area contributed by atoms with Crippen LogP contribution < -0.4 is 9.03 Å². The van der Waals surface area contributed by atoms with Crippen LogP contribution in [-0.2, 0) is 29.7 Å². The number of nitrogens with zero attached hydrogens (tertiary/aromatic N) is 2. The van der Waals surface area contributed by atoms with Crippen LogP contribution in [0.3, 0.4) is 0 Å². The van der Waals surface area contributed by atoms with Gasteiger partial charge in [-0.25, -0.2) is 21.2 Å². The average molecular weight is 504 g/mol. The monoisotopic (exact) mass is 503 g/mol. The van der Waals surface area contributed by atoms with Crippen molar-refractivity contribution in [1.82, 2.24) is 0 Å². The van der Waals surface area contributed by atoms with Gasteiger partial charge in [0.15, 0.2) is 5.82 Å². The number of anilines is 2. The number of benzene rings is 1. The van der Waals surface area contributed by atoms with Gasteiger partial charge in [-0.15, -0.1) is 0 Å². The minimum atomic E-state index is -4.29. The van der Waals surface area contributed by atoms with E-state index in [9.17, 15) is 26.0 Å². The molecule has 1 fully saturated rings. The van der Waals surface area contributed by atoms with Crippen LogP contribution >= 0.6 is 0 Å². The third-order valence-electron chi connectivity index (χ3n) is 6.23. The summed E-state index contributed by atoms with van der Waals surface area (Å²) in [7, 11) is -8.59. The number of carbonyl (C=O) groups excluding carboxylic acids is 1. The zero-order chi connectivity index (χ0) is 24.8. The molecule has 1 aromatic carbocycles. The summed E-state index contributed by atoms with van der Waals surface area (Å²) in [4.78, 5) is 18.3. The number of hydrogen-bond acceptors (Lipinski definition) is 7. The molecular weight excluding hydrogens is 473 g/mol. The van der Waals surface area contributed by atoms with E-state index in [0.717, 1.165) is 37.8 Å². The van der Waals surface area contributed by atoms with Gasteiger partial charge in [-0.2, -0.15) is 3.71 Å². The first-order chi connectivity index (χ1) is 15.0. The molecule has 0 saturated heterocycles. The number of amides is 1. The molecule has 12 heteroatoms. The minimum absolute atomic E-state index is 0.00745. The highest BCUT2D eigenvalue weighted by Crippen LogP contribution is 2.46. The van der Waals surface area contributed by atoms with Crippen LogP contribution in [0.2, 0.25) is 0 Å². The SMILES string of the molecule is CC(C)(C)C1CCC2(CC1)CC(C(=O)Nc1ccc(N(S(C)(=O)=O)S(C)(=O)=O)c(F)c1)=NO2. The maximum Gasteiger partial charge on any atom is 0.273 e. The number of rotatable bonds is 5. The molecule has 9 nitrogen and oxygen atoms in total. The second-order valence-electron chi connectivity index (χ2n) is 9.97. The Morgan fingerprint density at radius 2 is 1.73 bits per heavy atom. The van der Waals surface area contributed by atoms with Crippen molar-refractivity contribution in [3.05, 3.63) is 24.0 Å². The third-order valence-corrected chi connectivity index (χ3v) is 9.45. The molecule has 0 radical (unpaired) electrons. The smallest absolute Gasteiger partial charge is 0.273 e. The summed E-state index contributed by atoms with van der Waals surface area (Å²) in [5.74, 6) is -1.10. The molecule has 1 spiro atoms. The normalized spacial score (nSPS) is 23.7. The van der Waals surface area contributed by atoms with Crippen LogP contribution in [0.5, 0.6) is 0 Å². The van der Waals surface area contributed by atoms with Crippen molar-refractivity contribution in [2.75, 3.05) is 21.5 Å². The molecule has 184 valence electrons. The van der Waals surface area contributed by atoms with E-state index < -0.39 is 43.1 Å². The van der Waals surface area contributed by atoms with Gasteiger partial charge >= 0.3 is 0 Å². The molecule has 0 atom stereocenters. The number of carbonyl (C=O) groups is 1. The second-order valence-corrected chi connectivity index (χ2v) is 13.9. The summed E-state index contributed by atoms with van der Waals surface area (Å²) in [6, 6.07) is 3.06. The molecule has 1 amide bonds. The molecule has 1 saturated carbocycles. The van der Waals surface area contributed by atoms with E-state index >= 15 is 0 Å². The lowest BCUT2D eigenvalue weighted by molar-refractivity contribution is -0.110. The molecule has 1 aliphatic carbocycles. The summed E-state index contributed by atoms with van der Waals surface area (Å²) >= 11 is 0. The Morgan fingerprint density at radius 1 is 1.15 bits per heavy atom. The van der Waals surface area contributed by atoms with Crippen molar-refractivity contribution in [1.29, 1.82) is 0 Å². The van der Waals surface area contributed by atoms with Crippen molar-refractivity contribution in [3.8, 4) is 0 Å². The van der Waals surface area contributed by atoms with E-state index in [1.165, 1.54) is 6.07 Å². The Hall–Kier alpha value is -2.21. The van der Waals surface area contributed by atoms with Gasteiger partial charge < -0.3 is 10.2 Å². The number of hydrogen-bond donors (Lipinski definition) is 1. The highest BCUT2D eigenvalue weighted by atomic mass is 32.3. The van der Waals surface area contributed by atoms with E-state index in [-0.39, 0.29) is 20.5 Å². The number of sulfonamides is 2. The standard InChI is InChI=1S/C21H30FN3O6S2/c1-20(2,3)14-8-10-21(11-9-14)13-17(24-31-21)19(26)23-15-6-7-18(16(22)12-15)25(32(4,27)28)33(5,29)30/h6-7,12,14H,8-11,13H2,1-5H3,(H,23,26). The molecule has 1 aliphatic heterocycles. The summed E-state index contributed by atoms with van der Waals surface area (Å²) < 4.78 is 62.1. The fraction of sp³-hybridized carbons (Fsp3) is 0.619. The van der Waals surface area contributed by atoms with Gasteiger partial charge in [0.05, 0.1) is 12.5 Å². The summed E-state index contributed by atoms with van der Waals surface area (Å²) in [5.41, 5.74) is -0.712. The summed E-state index contributed by atoms with van der Waals surface area (Å²) in [6.45, 7) is 6.65. The van der Waals surface area contributed by atoms with Gasteiger partial charge in [0.1, 0.15) is 17.0 Å². The van der Waals surface area contributed by atoms with Gasteiger partial charge in [0.25, 0.3) is 5.91 Å². The van der Waals surface area contributed by atoms with Gasteiger partial charge in [0.2, 0.25) is 20.0 Å². The fourth-order valence-corrected chi connectivity index (χ4v) is 7.44. The van der Waals surface area contributed by atoms with Crippen LogP contribution in [0, 0.1) is 17.2 Å². The molecular formula is C21H30FN3O6S2. The number of nitrogens with one attached hydrogen (secondary N) is 1. The molecule has 0 aromatic heterocycles. The highest BCUT2D eigenvalue weighted by molar-refractivity contribution is 8.09. The molecule has 2 aliphatic rings. The maximum absolute atomic E-state index is 14.6. The Morgan fingerprint density at radius 3 is 2.21 bits per heavy atom. The van der Waals surface area contributed by atoms with Crippen molar-refractivity contribution in [2.45, 2.75) is 58.5 Å². The van der Waals surface area contributed by atoms with Gasteiger partial charge in [-0.05, 0) is 55.2 Å². The van der Waals surface area contributed by atoms with Crippen molar-refractivity contribution >= 4 is 43.0 Å². The zero-order valence-electron chi connectivity index (χ0n) is 19.4. The molecule has 1 aromatic rings. The lowest BCUT2D eigenvalue weighted by Crippen LogP contribution is -2.38. The third kappa shape index (κ3) is 5.65. The lowest BCUT2D eigenvalue weighted by atomic mass is 9.67. The Labute approximate surface area is 194 Å². The van der Waals surface area contributed by atoms with Gasteiger partial charge in [-0.3, -0.25) is 4.79 Å². The topological polar surface area (TPSA) is 122 Å². The van der Waals surface area contributed by atoms with Crippen LogP contribution in [0.25, 0.3) is 0 Å². The molecule has 0 unspecified atom stereocenters. The maximum atomic E-state index is 14.6. The molecule has 33 heavy (non-hydrogen) atoms. The second kappa shape index (κ2) is 8.53. The van der Waals surface area contributed by atoms with Crippen molar-refractivity contribution in [3.63, 3.8) is 0 Å². The number of oxime groups is 1. The first kappa shape index (κ1) is 25.4. The first-order valence-electron chi connectivity index (χ1n) is 10.6. The molecule has 1 N–H and O–H groups in total. The number of halogens is 1. The van der Waals surface area contributed by atoms with Gasteiger partial charge in [0, 0.05) is 12.1 Å². The van der Waals surface area contributed by atoms with Crippen molar-refractivity contribution in [2.24, 2.45) is 16.5 Å². The predicted molar refractivity (Wildman–Crippen MR) is 124 cm³/mol. The van der Waals surface area contributed by atoms with E-state index in [2.05, 4.69) is 31.2 Å². The zero-order valence-corrected chi connectivity index (χ0v) is 21.0. The van der Waals surface area contributed by atoms with E-state index in [1.54, 1.807) is 0 Å². The van der Waals surface area contributed by atoms with Crippen LogP contribution in [-0.4, -0.2) is 46.6 Å². The predicted octanol–water partition coefficient (Wildman–Crippen LogP) is 3.24.